The van der Waals surface area contributed by atoms with Gasteiger partial charge in [0, 0.05) is 0 Å². The van der Waals surface area contributed by atoms with Crippen LogP contribution >= 0.6 is 0 Å². The highest BCUT2D eigenvalue weighted by Gasteiger charge is 2.18. The molecule has 2 heterocycles. The van der Waals surface area contributed by atoms with Crippen LogP contribution in [0.15, 0.2) is 6.20 Å². The molecule has 5 heteroatoms. The van der Waals surface area contributed by atoms with Gasteiger partial charge < -0.3 is 15.2 Å². The molecule has 0 radical (unpaired) electrons. The van der Waals surface area contributed by atoms with Crippen molar-refractivity contribution in [2.45, 2.75) is 39.3 Å². The lowest BCUT2D eigenvalue weighted by Gasteiger charge is -2.23. The van der Waals surface area contributed by atoms with Gasteiger partial charge in [0.15, 0.2) is 0 Å². The van der Waals surface area contributed by atoms with Crippen LogP contribution in [-0.4, -0.2) is 35.7 Å². The first-order valence-corrected chi connectivity index (χ1v) is 6.66. The van der Waals surface area contributed by atoms with Crippen LogP contribution in [0.2, 0.25) is 0 Å². The largest absolute Gasteiger partial charge is 0.396 e. The lowest BCUT2D eigenvalue weighted by atomic mass is 10.1. The van der Waals surface area contributed by atoms with Crippen molar-refractivity contribution in [2.24, 2.45) is 5.92 Å². The minimum absolute atomic E-state index is 0.0934. The van der Waals surface area contributed by atoms with Crippen LogP contribution < -0.4 is 5.73 Å². The minimum Gasteiger partial charge on any atom is -0.396 e. The predicted octanol–water partition coefficient (Wildman–Crippen LogP) is 1.47. The van der Waals surface area contributed by atoms with Crippen LogP contribution in [0.1, 0.15) is 26.0 Å². The zero-order chi connectivity index (χ0) is 13.0. The molecular weight excluding hydrogens is 230 g/mol. The van der Waals surface area contributed by atoms with Crippen LogP contribution in [0.3, 0.4) is 0 Å². The van der Waals surface area contributed by atoms with Gasteiger partial charge >= 0.3 is 0 Å². The third kappa shape index (κ3) is 3.46. The van der Waals surface area contributed by atoms with Gasteiger partial charge in [0.1, 0.15) is 6.10 Å². The molecule has 1 aliphatic rings. The summed E-state index contributed by atoms with van der Waals surface area (Å²) >= 11 is 0. The molecule has 2 N–H and O–H groups in total. The van der Waals surface area contributed by atoms with E-state index in [1.807, 2.05) is 4.68 Å². The molecule has 0 amide bonds. The number of hydrogen-bond acceptors (Lipinski definition) is 4. The summed E-state index contributed by atoms with van der Waals surface area (Å²) in [5.41, 5.74) is 7.88. The Morgan fingerprint density at radius 3 is 3.00 bits per heavy atom. The Balaban J connectivity index is 1.98. The zero-order valence-corrected chi connectivity index (χ0v) is 11.3. The smallest absolute Gasteiger partial charge is 0.100 e. The second-order valence-corrected chi connectivity index (χ2v) is 5.23. The number of nitrogen functional groups attached to an aromatic ring is 1. The van der Waals surface area contributed by atoms with E-state index in [1.54, 1.807) is 6.20 Å². The van der Waals surface area contributed by atoms with Gasteiger partial charge in [-0.05, 0) is 18.8 Å². The second-order valence-electron chi connectivity index (χ2n) is 5.23. The van der Waals surface area contributed by atoms with Crippen molar-refractivity contribution in [3.63, 3.8) is 0 Å². The molecule has 1 atom stereocenters. The van der Waals surface area contributed by atoms with Gasteiger partial charge in [0.25, 0.3) is 0 Å². The number of anilines is 1. The summed E-state index contributed by atoms with van der Waals surface area (Å²) in [5, 5.41) is 4.34. The van der Waals surface area contributed by atoms with Gasteiger partial charge in [-0.1, -0.05) is 13.8 Å². The van der Waals surface area contributed by atoms with E-state index in [9.17, 15) is 0 Å². The summed E-state index contributed by atoms with van der Waals surface area (Å²) in [5.74, 6) is 0.669. The standard InChI is InChI=1S/C13H23N3O2/c1-10(2)3-4-13-12(14)7-15-16(13)8-11-9-17-5-6-18-11/h7,10-11H,3-6,8-9,14H2,1-2H3/t11-/m1/s1. The van der Waals surface area contributed by atoms with Crippen molar-refractivity contribution < 1.29 is 9.47 Å². The molecule has 1 fully saturated rings. The molecule has 18 heavy (non-hydrogen) atoms. The molecule has 1 aromatic heterocycles. The number of nitrogens with zero attached hydrogens (tertiary/aromatic N) is 2. The molecule has 1 aromatic rings. The summed E-state index contributed by atoms with van der Waals surface area (Å²) in [6.07, 6.45) is 3.92. The van der Waals surface area contributed by atoms with E-state index in [4.69, 9.17) is 15.2 Å². The van der Waals surface area contributed by atoms with E-state index in [1.165, 1.54) is 0 Å². The first-order chi connectivity index (χ1) is 8.66. The predicted molar refractivity (Wildman–Crippen MR) is 70.4 cm³/mol. The Morgan fingerprint density at radius 2 is 2.33 bits per heavy atom. The number of rotatable bonds is 5. The van der Waals surface area contributed by atoms with E-state index in [0.29, 0.717) is 25.7 Å². The maximum atomic E-state index is 5.98. The number of hydrogen-bond donors (Lipinski definition) is 1. The van der Waals surface area contributed by atoms with Crippen LogP contribution in [0.4, 0.5) is 5.69 Å². The van der Waals surface area contributed by atoms with Crippen LogP contribution in [0.25, 0.3) is 0 Å². The normalized spacial score (nSPS) is 20.5. The Kier molecular flexibility index (Phi) is 4.60. The Bertz CT molecular complexity index is 370. The van der Waals surface area contributed by atoms with Gasteiger partial charge in [0.05, 0.1) is 43.9 Å². The Morgan fingerprint density at radius 1 is 1.50 bits per heavy atom. The molecular formula is C13H23N3O2. The molecule has 1 saturated heterocycles. The second kappa shape index (κ2) is 6.20. The fraction of sp³-hybridized carbons (Fsp3) is 0.769. The quantitative estimate of drug-likeness (QED) is 0.863. The van der Waals surface area contributed by atoms with E-state index in [2.05, 4.69) is 18.9 Å². The summed E-state index contributed by atoms with van der Waals surface area (Å²) in [6, 6.07) is 0. The Hall–Kier alpha value is -1.07. The van der Waals surface area contributed by atoms with Crippen molar-refractivity contribution in [3.8, 4) is 0 Å². The molecule has 5 nitrogen and oxygen atoms in total. The molecule has 0 spiro atoms. The molecule has 1 aliphatic heterocycles. The summed E-state index contributed by atoms with van der Waals surface area (Å²) in [6.45, 7) is 7.17. The third-order valence-electron chi connectivity index (χ3n) is 3.20. The Labute approximate surface area is 108 Å². The lowest BCUT2D eigenvalue weighted by molar-refractivity contribution is -0.0948. The highest BCUT2D eigenvalue weighted by Crippen LogP contribution is 2.17. The molecule has 0 saturated carbocycles. The first-order valence-electron chi connectivity index (χ1n) is 6.66. The summed E-state index contributed by atoms with van der Waals surface area (Å²) in [4.78, 5) is 0. The molecule has 0 unspecified atom stereocenters. The lowest BCUT2D eigenvalue weighted by Crippen LogP contribution is -2.33. The summed E-state index contributed by atoms with van der Waals surface area (Å²) < 4.78 is 13.0. The molecule has 2 rings (SSSR count). The van der Waals surface area contributed by atoms with Gasteiger partial charge in [0.2, 0.25) is 0 Å². The van der Waals surface area contributed by atoms with Gasteiger partial charge in [-0.2, -0.15) is 5.10 Å². The SMILES string of the molecule is CC(C)CCc1c(N)cnn1C[C@@H]1COCCO1. The van der Waals surface area contributed by atoms with E-state index >= 15 is 0 Å². The number of aromatic nitrogens is 2. The van der Waals surface area contributed by atoms with Crippen LogP contribution in [-0.2, 0) is 22.4 Å². The number of nitrogens with two attached hydrogens (primary N) is 1. The van der Waals surface area contributed by atoms with Crippen molar-refractivity contribution in [3.05, 3.63) is 11.9 Å². The van der Waals surface area contributed by atoms with Crippen LogP contribution in [0, 0.1) is 5.92 Å². The third-order valence-corrected chi connectivity index (χ3v) is 3.20. The van der Waals surface area contributed by atoms with Crippen molar-refractivity contribution in [1.82, 2.24) is 9.78 Å². The van der Waals surface area contributed by atoms with E-state index < -0.39 is 0 Å². The molecule has 0 aliphatic carbocycles. The van der Waals surface area contributed by atoms with Crippen molar-refractivity contribution in [1.29, 1.82) is 0 Å². The topological polar surface area (TPSA) is 62.3 Å². The zero-order valence-electron chi connectivity index (χ0n) is 11.3. The van der Waals surface area contributed by atoms with Crippen LogP contribution in [0.5, 0.6) is 0 Å². The molecule has 0 aromatic carbocycles. The fourth-order valence-electron chi connectivity index (χ4n) is 2.12. The minimum atomic E-state index is 0.0934. The van der Waals surface area contributed by atoms with E-state index in [-0.39, 0.29) is 6.10 Å². The maximum absolute atomic E-state index is 5.98. The highest BCUT2D eigenvalue weighted by molar-refractivity contribution is 5.40. The highest BCUT2D eigenvalue weighted by atomic mass is 16.6. The maximum Gasteiger partial charge on any atom is 0.100 e. The number of ether oxygens (including phenoxy) is 2. The van der Waals surface area contributed by atoms with Crippen molar-refractivity contribution in [2.75, 3.05) is 25.6 Å². The molecule has 0 bridgehead atoms. The van der Waals surface area contributed by atoms with Gasteiger partial charge in [-0.3, -0.25) is 4.68 Å². The fourth-order valence-corrected chi connectivity index (χ4v) is 2.12. The average Bonchev–Trinajstić information content (AvgIpc) is 2.69. The van der Waals surface area contributed by atoms with Crippen molar-refractivity contribution >= 4 is 5.69 Å². The summed E-state index contributed by atoms with van der Waals surface area (Å²) in [7, 11) is 0. The van der Waals surface area contributed by atoms with Gasteiger partial charge in [-0.15, -0.1) is 0 Å². The van der Waals surface area contributed by atoms with E-state index in [0.717, 1.165) is 30.8 Å². The first kappa shape index (κ1) is 13.4. The van der Waals surface area contributed by atoms with Gasteiger partial charge in [-0.25, -0.2) is 0 Å². The molecule has 102 valence electrons. The monoisotopic (exact) mass is 253 g/mol. The average molecular weight is 253 g/mol.